The van der Waals surface area contributed by atoms with Crippen LogP contribution in [-0.2, 0) is 6.54 Å². The summed E-state index contributed by atoms with van der Waals surface area (Å²) in [6, 6.07) is 9.84. The van der Waals surface area contributed by atoms with E-state index in [4.69, 9.17) is 10.2 Å². The summed E-state index contributed by atoms with van der Waals surface area (Å²) < 4.78 is 5.23. The first-order chi connectivity index (χ1) is 12.7. The number of rotatable bonds is 3. The van der Waals surface area contributed by atoms with Crippen molar-refractivity contribution in [3.8, 4) is 0 Å². The van der Waals surface area contributed by atoms with Crippen LogP contribution in [0.2, 0.25) is 0 Å². The number of nitrogens with zero attached hydrogens (tertiary/aromatic N) is 3. The number of hydrogen-bond acceptors (Lipinski definition) is 5. The number of carbonyl (C=O) groups is 1. The molecule has 1 aromatic carbocycles. The maximum absolute atomic E-state index is 12.4. The number of anilines is 1. The first kappa shape index (κ1) is 16.6. The van der Waals surface area contributed by atoms with Gasteiger partial charge in [-0.25, -0.2) is 0 Å². The van der Waals surface area contributed by atoms with Crippen molar-refractivity contribution in [2.75, 3.05) is 31.1 Å². The highest BCUT2D eigenvalue weighted by Crippen LogP contribution is 2.29. The number of benzene rings is 1. The van der Waals surface area contributed by atoms with Gasteiger partial charge in [0.2, 0.25) is 0 Å². The van der Waals surface area contributed by atoms with Crippen molar-refractivity contribution in [3.63, 3.8) is 0 Å². The number of amides is 1. The third-order valence-corrected chi connectivity index (χ3v) is 4.94. The molecule has 1 aliphatic rings. The van der Waals surface area contributed by atoms with Crippen LogP contribution in [0.3, 0.4) is 0 Å². The molecule has 1 saturated heterocycles. The molecule has 0 saturated carbocycles. The van der Waals surface area contributed by atoms with Crippen molar-refractivity contribution in [2.45, 2.75) is 13.5 Å². The predicted molar refractivity (Wildman–Crippen MR) is 101 cm³/mol. The molecule has 26 heavy (non-hydrogen) atoms. The van der Waals surface area contributed by atoms with Gasteiger partial charge in [0.1, 0.15) is 0 Å². The Balaban J connectivity index is 1.57. The summed E-state index contributed by atoms with van der Waals surface area (Å²) in [4.78, 5) is 21.1. The molecule has 3 aromatic rings. The highest BCUT2D eigenvalue weighted by atomic mass is 16.3. The second-order valence-corrected chi connectivity index (χ2v) is 6.60. The molecule has 0 unspecified atom stereocenters. The normalized spacial score (nSPS) is 14.8. The second-order valence-electron chi connectivity index (χ2n) is 6.60. The Labute approximate surface area is 152 Å². The zero-order valence-corrected chi connectivity index (χ0v) is 14.8. The Bertz CT molecular complexity index is 928. The highest BCUT2D eigenvalue weighted by molar-refractivity contribution is 5.96. The third kappa shape index (κ3) is 2.93. The van der Waals surface area contributed by atoms with Gasteiger partial charge in [0.25, 0.3) is 5.91 Å². The van der Waals surface area contributed by atoms with Gasteiger partial charge in [-0.05, 0) is 25.1 Å². The molecule has 2 aromatic heterocycles. The molecule has 6 heteroatoms. The lowest BCUT2D eigenvalue weighted by molar-refractivity contribution is 0.0715. The number of nitrogens with two attached hydrogens (primary N) is 1. The molecule has 1 amide bonds. The van der Waals surface area contributed by atoms with E-state index in [1.807, 2.05) is 11.1 Å². The number of furan rings is 1. The Morgan fingerprint density at radius 2 is 2.00 bits per heavy atom. The molecule has 0 radical (unpaired) electrons. The lowest BCUT2D eigenvalue weighted by Crippen LogP contribution is -2.48. The largest absolute Gasteiger partial charge is 0.459 e. The smallest absolute Gasteiger partial charge is 0.289 e. The molecule has 1 aliphatic heterocycles. The van der Waals surface area contributed by atoms with E-state index in [2.05, 4.69) is 35.0 Å². The van der Waals surface area contributed by atoms with Crippen LogP contribution in [0, 0.1) is 6.92 Å². The standard InChI is InChI=1S/C20H22N4O2/c1-14-4-5-15-16(11-14)17(12-21)22-13-18(15)23-6-8-24(9-7-23)20(25)19-3-2-10-26-19/h2-5,10-11,13H,6-9,12,21H2,1H3. The minimum Gasteiger partial charge on any atom is -0.459 e. The van der Waals surface area contributed by atoms with Gasteiger partial charge in [-0.15, -0.1) is 0 Å². The van der Waals surface area contributed by atoms with Crippen molar-refractivity contribution in [2.24, 2.45) is 5.73 Å². The van der Waals surface area contributed by atoms with E-state index in [1.54, 1.807) is 12.1 Å². The number of aryl methyl sites for hydroxylation is 1. The van der Waals surface area contributed by atoms with Crippen LogP contribution in [-0.4, -0.2) is 42.0 Å². The average Bonchev–Trinajstić information content (AvgIpc) is 3.21. The predicted octanol–water partition coefficient (Wildman–Crippen LogP) is 2.56. The van der Waals surface area contributed by atoms with Crippen LogP contribution in [0.15, 0.2) is 47.2 Å². The molecular formula is C20H22N4O2. The van der Waals surface area contributed by atoms with Gasteiger partial charge < -0.3 is 20.0 Å². The maximum atomic E-state index is 12.4. The molecule has 0 spiro atoms. The Morgan fingerprint density at radius 1 is 1.19 bits per heavy atom. The highest BCUT2D eigenvalue weighted by Gasteiger charge is 2.25. The van der Waals surface area contributed by atoms with Gasteiger partial charge in [-0.2, -0.15) is 0 Å². The van der Waals surface area contributed by atoms with Crippen molar-refractivity contribution >= 4 is 22.4 Å². The molecule has 6 nitrogen and oxygen atoms in total. The Hall–Kier alpha value is -2.86. The zero-order valence-electron chi connectivity index (χ0n) is 14.8. The summed E-state index contributed by atoms with van der Waals surface area (Å²) in [7, 11) is 0. The summed E-state index contributed by atoms with van der Waals surface area (Å²) >= 11 is 0. The summed E-state index contributed by atoms with van der Waals surface area (Å²) in [5, 5.41) is 2.27. The van der Waals surface area contributed by atoms with Crippen molar-refractivity contribution in [3.05, 3.63) is 59.8 Å². The fraction of sp³-hybridized carbons (Fsp3) is 0.300. The minimum absolute atomic E-state index is 0.0493. The Kier molecular flexibility index (Phi) is 4.34. The number of piperazine rings is 1. The topological polar surface area (TPSA) is 75.6 Å². The minimum atomic E-state index is -0.0493. The van der Waals surface area contributed by atoms with E-state index in [0.717, 1.165) is 35.2 Å². The van der Waals surface area contributed by atoms with E-state index in [9.17, 15) is 4.79 Å². The lowest BCUT2D eigenvalue weighted by Gasteiger charge is -2.36. The van der Waals surface area contributed by atoms with Gasteiger partial charge in [0.05, 0.1) is 23.8 Å². The van der Waals surface area contributed by atoms with Gasteiger partial charge in [0, 0.05) is 43.5 Å². The van der Waals surface area contributed by atoms with Crippen molar-refractivity contribution in [1.82, 2.24) is 9.88 Å². The molecule has 0 atom stereocenters. The molecule has 3 heterocycles. The average molecular weight is 350 g/mol. The quantitative estimate of drug-likeness (QED) is 0.786. The maximum Gasteiger partial charge on any atom is 0.289 e. The van der Waals surface area contributed by atoms with Crippen molar-refractivity contribution in [1.29, 1.82) is 0 Å². The van der Waals surface area contributed by atoms with Crippen molar-refractivity contribution < 1.29 is 9.21 Å². The van der Waals surface area contributed by atoms with Crippen LogP contribution < -0.4 is 10.6 Å². The van der Waals surface area contributed by atoms with Crippen LogP contribution in [0.5, 0.6) is 0 Å². The van der Waals surface area contributed by atoms with Crippen LogP contribution in [0.4, 0.5) is 5.69 Å². The van der Waals surface area contributed by atoms with E-state index in [1.165, 1.54) is 11.8 Å². The van der Waals surface area contributed by atoms with Gasteiger partial charge in [0.15, 0.2) is 5.76 Å². The number of fused-ring (bicyclic) bond motifs is 1. The summed E-state index contributed by atoms with van der Waals surface area (Å²) in [5.41, 5.74) is 9.07. The van der Waals surface area contributed by atoms with E-state index in [-0.39, 0.29) is 5.91 Å². The molecule has 4 rings (SSSR count). The zero-order chi connectivity index (χ0) is 18.1. The number of aromatic nitrogens is 1. The molecular weight excluding hydrogens is 328 g/mol. The molecule has 0 aliphatic carbocycles. The van der Waals surface area contributed by atoms with Gasteiger partial charge in [-0.1, -0.05) is 17.7 Å². The fourth-order valence-electron chi connectivity index (χ4n) is 3.52. The SMILES string of the molecule is Cc1ccc2c(N3CCN(C(=O)c4ccco4)CC3)cnc(CN)c2c1. The monoisotopic (exact) mass is 350 g/mol. The van der Waals surface area contributed by atoms with Crippen LogP contribution >= 0.6 is 0 Å². The van der Waals surface area contributed by atoms with Crippen LogP contribution in [0.1, 0.15) is 21.8 Å². The third-order valence-electron chi connectivity index (χ3n) is 4.94. The fourth-order valence-corrected chi connectivity index (χ4v) is 3.52. The van der Waals surface area contributed by atoms with Gasteiger partial charge >= 0.3 is 0 Å². The number of carbonyl (C=O) groups excluding carboxylic acids is 1. The molecule has 2 N–H and O–H groups in total. The van der Waals surface area contributed by atoms with E-state index >= 15 is 0 Å². The van der Waals surface area contributed by atoms with E-state index in [0.29, 0.717) is 25.4 Å². The summed E-state index contributed by atoms with van der Waals surface area (Å²) in [6.07, 6.45) is 3.44. The lowest BCUT2D eigenvalue weighted by atomic mass is 10.0. The number of pyridine rings is 1. The number of hydrogen-bond donors (Lipinski definition) is 1. The van der Waals surface area contributed by atoms with E-state index < -0.39 is 0 Å². The first-order valence-corrected chi connectivity index (χ1v) is 8.83. The molecule has 0 bridgehead atoms. The second kappa shape index (κ2) is 6.80. The Morgan fingerprint density at radius 3 is 2.69 bits per heavy atom. The summed E-state index contributed by atoms with van der Waals surface area (Å²) in [6.45, 7) is 5.34. The summed E-state index contributed by atoms with van der Waals surface area (Å²) in [5.74, 6) is 0.347. The molecule has 1 fully saturated rings. The van der Waals surface area contributed by atoms with Crippen LogP contribution in [0.25, 0.3) is 10.8 Å². The molecule has 134 valence electrons. The first-order valence-electron chi connectivity index (χ1n) is 8.83. The van der Waals surface area contributed by atoms with Gasteiger partial charge in [-0.3, -0.25) is 9.78 Å².